The third kappa shape index (κ3) is 0.946. The van der Waals surface area contributed by atoms with Crippen molar-refractivity contribution >= 4 is 32.4 Å². The molecular formula is C12H10OS. The van der Waals surface area contributed by atoms with Crippen LogP contribution in [0.5, 0.6) is 0 Å². The van der Waals surface area contributed by atoms with Gasteiger partial charge in [-0.25, -0.2) is 0 Å². The summed E-state index contributed by atoms with van der Waals surface area (Å²) >= 11 is 1.78. The summed E-state index contributed by atoms with van der Waals surface area (Å²) in [5.74, 6) is 0.988. The van der Waals surface area contributed by atoms with Gasteiger partial charge in [-0.05, 0) is 43.0 Å². The van der Waals surface area contributed by atoms with Crippen molar-refractivity contribution < 1.29 is 4.42 Å². The summed E-state index contributed by atoms with van der Waals surface area (Å²) in [5.41, 5.74) is 2.26. The van der Waals surface area contributed by atoms with E-state index < -0.39 is 0 Å². The third-order valence-corrected chi connectivity index (χ3v) is 3.41. The van der Waals surface area contributed by atoms with E-state index in [4.69, 9.17) is 4.42 Å². The first-order valence-corrected chi connectivity index (χ1v) is 5.50. The Morgan fingerprint density at radius 2 is 2.00 bits per heavy atom. The molecule has 1 nitrogen and oxygen atoms in total. The van der Waals surface area contributed by atoms with Gasteiger partial charge >= 0.3 is 0 Å². The molecule has 0 aliphatic carbocycles. The van der Waals surface area contributed by atoms with Crippen LogP contribution in [0.2, 0.25) is 0 Å². The van der Waals surface area contributed by atoms with Crippen molar-refractivity contribution in [2.75, 3.05) is 0 Å². The number of hydrogen-bond donors (Lipinski definition) is 0. The van der Waals surface area contributed by atoms with Gasteiger partial charge in [0.2, 0.25) is 0 Å². The fourth-order valence-corrected chi connectivity index (χ4v) is 2.83. The van der Waals surface area contributed by atoms with E-state index in [1.807, 2.05) is 6.92 Å². The number of benzene rings is 1. The van der Waals surface area contributed by atoms with E-state index in [1.54, 1.807) is 11.3 Å². The second kappa shape index (κ2) is 2.61. The van der Waals surface area contributed by atoms with Gasteiger partial charge in [-0.15, -0.1) is 11.3 Å². The molecule has 70 valence electrons. The van der Waals surface area contributed by atoms with Gasteiger partial charge in [-0.1, -0.05) is 0 Å². The highest BCUT2D eigenvalue weighted by Gasteiger charge is 2.08. The van der Waals surface area contributed by atoms with Crippen LogP contribution in [0.1, 0.15) is 11.3 Å². The predicted molar refractivity (Wildman–Crippen MR) is 61.1 cm³/mol. The molecule has 0 saturated carbocycles. The van der Waals surface area contributed by atoms with Crippen LogP contribution in [0.25, 0.3) is 21.1 Å². The van der Waals surface area contributed by atoms with Gasteiger partial charge in [0.05, 0.1) is 0 Å². The smallest absolute Gasteiger partial charge is 0.137 e. The molecule has 1 aromatic carbocycles. The molecule has 0 aliphatic heterocycles. The molecule has 2 aromatic heterocycles. The number of hydrogen-bond acceptors (Lipinski definition) is 2. The molecule has 0 unspecified atom stereocenters. The largest absolute Gasteiger partial charge is 0.461 e. The number of aryl methyl sites for hydroxylation is 2. The van der Waals surface area contributed by atoms with E-state index >= 15 is 0 Å². The Hall–Kier alpha value is -1.28. The highest BCUT2D eigenvalue weighted by molar-refractivity contribution is 7.17. The first-order valence-electron chi connectivity index (χ1n) is 4.62. The van der Waals surface area contributed by atoms with Gasteiger partial charge in [0.25, 0.3) is 0 Å². The van der Waals surface area contributed by atoms with Crippen LogP contribution in [-0.2, 0) is 0 Å². The quantitative estimate of drug-likeness (QED) is 0.530. The molecule has 0 fully saturated rings. The molecule has 0 radical (unpaired) electrons. The summed E-state index contributed by atoms with van der Waals surface area (Å²) in [7, 11) is 0. The second-order valence-electron chi connectivity index (χ2n) is 3.63. The molecule has 0 bridgehead atoms. The minimum atomic E-state index is 0.988. The lowest BCUT2D eigenvalue weighted by Crippen LogP contribution is -1.72. The topological polar surface area (TPSA) is 13.1 Å². The Labute approximate surface area is 86.0 Å². The van der Waals surface area contributed by atoms with E-state index in [2.05, 4.69) is 30.5 Å². The molecule has 14 heavy (non-hydrogen) atoms. The highest BCUT2D eigenvalue weighted by Crippen LogP contribution is 2.33. The lowest BCUT2D eigenvalue weighted by atomic mass is 10.1. The van der Waals surface area contributed by atoms with Crippen molar-refractivity contribution in [3.8, 4) is 0 Å². The Morgan fingerprint density at radius 3 is 2.86 bits per heavy atom. The normalized spacial score (nSPS) is 11.6. The maximum Gasteiger partial charge on any atom is 0.137 e. The minimum Gasteiger partial charge on any atom is -0.461 e. The van der Waals surface area contributed by atoms with Gasteiger partial charge in [0.15, 0.2) is 0 Å². The fourth-order valence-electron chi connectivity index (χ4n) is 1.92. The third-order valence-electron chi connectivity index (χ3n) is 2.55. The van der Waals surface area contributed by atoms with Crippen LogP contribution >= 0.6 is 11.3 Å². The maximum atomic E-state index is 5.68. The maximum absolute atomic E-state index is 5.68. The Kier molecular flexibility index (Phi) is 1.50. The highest BCUT2D eigenvalue weighted by atomic mass is 32.1. The summed E-state index contributed by atoms with van der Waals surface area (Å²) in [6, 6.07) is 6.49. The fraction of sp³-hybridized carbons (Fsp3) is 0.167. The monoisotopic (exact) mass is 202 g/mol. The summed E-state index contributed by atoms with van der Waals surface area (Å²) in [5, 5.41) is 4.69. The average molecular weight is 202 g/mol. The Bertz CT molecular complexity index is 616. The zero-order valence-corrected chi connectivity index (χ0v) is 8.94. The zero-order valence-electron chi connectivity index (χ0n) is 8.13. The molecule has 0 amide bonds. The first kappa shape index (κ1) is 8.06. The summed E-state index contributed by atoms with van der Waals surface area (Å²) < 4.78 is 7.02. The molecule has 0 atom stereocenters. The van der Waals surface area contributed by atoms with Crippen molar-refractivity contribution in [3.63, 3.8) is 0 Å². The SMILES string of the molecule is Cc1cc2c(o1)c(C)cc1sccc12. The first-order chi connectivity index (χ1) is 6.75. The summed E-state index contributed by atoms with van der Waals surface area (Å²) in [6.45, 7) is 4.10. The summed E-state index contributed by atoms with van der Waals surface area (Å²) in [4.78, 5) is 0. The van der Waals surface area contributed by atoms with Gasteiger partial charge < -0.3 is 4.42 Å². The zero-order chi connectivity index (χ0) is 9.71. The lowest BCUT2D eigenvalue weighted by Gasteiger charge is -1.96. The summed E-state index contributed by atoms with van der Waals surface area (Å²) in [6.07, 6.45) is 0. The average Bonchev–Trinajstić information content (AvgIpc) is 2.69. The van der Waals surface area contributed by atoms with E-state index in [1.165, 1.54) is 21.0 Å². The van der Waals surface area contributed by atoms with Crippen molar-refractivity contribution in [3.05, 3.63) is 34.9 Å². The molecule has 0 saturated heterocycles. The number of fused-ring (bicyclic) bond motifs is 3. The van der Waals surface area contributed by atoms with Gasteiger partial charge in [0, 0.05) is 15.5 Å². The predicted octanol–water partition coefficient (Wildman–Crippen LogP) is 4.26. The van der Waals surface area contributed by atoms with Crippen LogP contribution < -0.4 is 0 Å². The van der Waals surface area contributed by atoms with Crippen molar-refractivity contribution in [2.45, 2.75) is 13.8 Å². The molecular weight excluding hydrogens is 192 g/mol. The van der Waals surface area contributed by atoms with Crippen LogP contribution in [0.4, 0.5) is 0 Å². The standard InChI is InChI=1S/C12H10OS/c1-7-5-11-9(3-4-14-11)10-6-8(2)13-12(7)10/h3-6H,1-2H3. The van der Waals surface area contributed by atoms with Crippen LogP contribution in [-0.4, -0.2) is 0 Å². The number of furan rings is 1. The van der Waals surface area contributed by atoms with E-state index in [0.29, 0.717) is 0 Å². The molecule has 3 rings (SSSR count). The molecule has 0 aliphatic rings. The van der Waals surface area contributed by atoms with E-state index in [0.717, 1.165) is 11.3 Å². The number of rotatable bonds is 0. The van der Waals surface area contributed by atoms with Crippen molar-refractivity contribution in [1.29, 1.82) is 0 Å². The molecule has 0 N–H and O–H groups in total. The minimum absolute atomic E-state index is 0.988. The van der Waals surface area contributed by atoms with Crippen LogP contribution in [0.3, 0.4) is 0 Å². The van der Waals surface area contributed by atoms with E-state index in [9.17, 15) is 0 Å². The molecule has 3 aromatic rings. The molecule has 2 heteroatoms. The van der Waals surface area contributed by atoms with Crippen LogP contribution in [0, 0.1) is 13.8 Å². The van der Waals surface area contributed by atoms with Gasteiger partial charge in [-0.3, -0.25) is 0 Å². The second-order valence-corrected chi connectivity index (χ2v) is 4.57. The Balaban J connectivity index is 2.65. The Morgan fingerprint density at radius 1 is 1.14 bits per heavy atom. The molecule has 0 spiro atoms. The van der Waals surface area contributed by atoms with Gasteiger partial charge in [-0.2, -0.15) is 0 Å². The lowest BCUT2D eigenvalue weighted by molar-refractivity contribution is 0.576. The van der Waals surface area contributed by atoms with Crippen LogP contribution in [0.15, 0.2) is 28.0 Å². The number of thiophene rings is 1. The van der Waals surface area contributed by atoms with Gasteiger partial charge in [0.1, 0.15) is 11.3 Å². The van der Waals surface area contributed by atoms with E-state index in [-0.39, 0.29) is 0 Å². The van der Waals surface area contributed by atoms with Crippen molar-refractivity contribution in [1.82, 2.24) is 0 Å². The van der Waals surface area contributed by atoms with Crippen molar-refractivity contribution in [2.24, 2.45) is 0 Å². The molecule has 2 heterocycles.